The first-order valence-corrected chi connectivity index (χ1v) is 11.2. The largest absolute Gasteiger partial charge is 0.452 e. The molecule has 36 heavy (non-hydrogen) atoms. The Balaban J connectivity index is 1.83. The molecule has 0 aliphatic rings. The Labute approximate surface area is 206 Å². The van der Waals surface area contributed by atoms with Gasteiger partial charge in [0.1, 0.15) is 11.6 Å². The van der Waals surface area contributed by atoms with E-state index in [0.29, 0.717) is 5.56 Å². The van der Waals surface area contributed by atoms with Gasteiger partial charge in [0.05, 0.1) is 6.54 Å². The normalized spacial score (nSPS) is 11.1. The Kier molecular flexibility index (Phi) is 8.56. The number of ether oxygens (including phenoxy) is 1. The molecule has 0 unspecified atom stereocenters. The Morgan fingerprint density at radius 2 is 1.86 bits per heavy atom. The van der Waals surface area contributed by atoms with Gasteiger partial charge in [-0.2, -0.15) is 0 Å². The van der Waals surface area contributed by atoms with Crippen LogP contribution >= 0.6 is 0 Å². The van der Waals surface area contributed by atoms with Crippen molar-refractivity contribution in [1.82, 2.24) is 9.55 Å². The van der Waals surface area contributed by atoms with E-state index in [4.69, 9.17) is 10.5 Å². The zero-order valence-corrected chi connectivity index (χ0v) is 19.9. The van der Waals surface area contributed by atoms with Gasteiger partial charge in [-0.05, 0) is 35.3 Å². The average molecular weight is 495 g/mol. The van der Waals surface area contributed by atoms with E-state index < -0.39 is 35.5 Å². The number of anilines is 2. The Hall–Kier alpha value is -4.47. The molecule has 0 fully saturated rings. The lowest BCUT2D eigenvalue weighted by molar-refractivity contribution is -0.142. The number of amides is 1. The van der Waals surface area contributed by atoms with Crippen LogP contribution < -0.4 is 21.9 Å². The second-order valence-electron chi connectivity index (χ2n) is 8.46. The van der Waals surface area contributed by atoms with E-state index in [9.17, 15) is 23.6 Å². The first-order valence-electron chi connectivity index (χ1n) is 11.2. The summed E-state index contributed by atoms with van der Waals surface area (Å²) in [6.45, 7) is 3.16. The Morgan fingerprint density at radius 3 is 2.53 bits per heavy atom. The van der Waals surface area contributed by atoms with Crippen molar-refractivity contribution in [2.75, 3.05) is 23.8 Å². The highest BCUT2D eigenvalue weighted by Gasteiger charge is 2.25. The van der Waals surface area contributed by atoms with Crippen LogP contribution in [0.1, 0.15) is 25.0 Å². The topological polar surface area (TPSA) is 127 Å². The van der Waals surface area contributed by atoms with Crippen molar-refractivity contribution in [3.63, 3.8) is 0 Å². The predicted molar refractivity (Wildman–Crippen MR) is 135 cm³/mol. The van der Waals surface area contributed by atoms with Crippen LogP contribution in [0.4, 0.5) is 15.9 Å². The molecule has 3 aromatic rings. The van der Waals surface area contributed by atoms with Crippen molar-refractivity contribution in [3.05, 3.63) is 98.5 Å². The highest BCUT2D eigenvalue weighted by Crippen LogP contribution is 2.19. The van der Waals surface area contributed by atoms with Crippen molar-refractivity contribution < 1.29 is 18.7 Å². The minimum atomic E-state index is -0.826. The molecule has 1 aromatic heterocycles. The van der Waals surface area contributed by atoms with Gasteiger partial charge in [0.2, 0.25) is 0 Å². The minimum Gasteiger partial charge on any atom is -0.452 e. The molecule has 1 amide bonds. The van der Waals surface area contributed by atoms with Crippen LogP contribution in [0.3, 0.4) is 0 Å². The molecule has 1 heterocycles. The van der Waals surface area contributed by atoms with E-state index >= 15 is 0 Å². The number of benzene rings is 2. The van der Waals surface area contributed by atoms with Gasteiger partial charge in [-0.3, -0.25) is 19.1 Å². The Morgan fingerprint density at radius 1 is 1.14 bits per heavy atom. The molecule has 0 saturated carbocycles. The maximum atomic E-state index is 13.3. The fourth-order valence-corrected chi connectivity index (χ4v) is 3.48. The fourth-order valence-electron chi connectivity index (χ4n) is 3.48. The van der Waals surface area contributed by atoms with Gasteiger partial charge in [0.15, 0.2) is 12.3 Å². The van der Waals surface area contributed by atoms with Gasteiger partial charge in [-0.15, -0.1) is 0 Å². The number of carbonyl (C=O) groups excluding carboxylic acids is 2. The summed E-state index contributed by atoms with van der Waals surface area (Å²) in [5.41, 5.74) is 5.70. The van der Waals surface area contributed by atoms with Crippen LogP contribution in [0.2, 0.25) is 0 Å². The van der Waals surface area contributed by atoms with Crippen LogP contribution in [-0.2, 0) is 20.9 Å². The molecular weight excluding hydrogens is 467 g/mol. The van der Waals surface area contributed by atoms with Crippen molar-refractivity contribution >= 4 is 29.5 Å². The van der Waals surface area contributed by atoms with Gasteiger partial charge in [0, 0.05) is 12.6 Å². The van der Waals surface area contributed by atoms with E-state index in [0.717, 1.165) is 16.5 Å². The molecule has 9 nitrogen and oxygen atoms in total. The SMILES string of the molecule is CC(C)CN(C(=O)COC(=O)/C=C/c1cccc(F)c1)c1c(N)n(Cc2ccccc2)c(=O)[nH]c1=O. The lowest BCUT2D eigenvalue weighted by atomic mass is 10.2. The van der Waals surface area contributed by atoms with Gasteiger partial charge < -0.3 is 15.4 Å². The zero-order valence-electron chi connectivity index (χ0n) is 19.9. The first-order chi connectivity index (χ1) is 17.2. The third kappa shape index (κ3) is 6.78. The molecule has 0 atom stereocenters. The standard InChI is InChI=1S/C26H27FN4O5/c1-17(2)14-30(21(32)16-36-22(33)12-11-18-9-6-10-20(27)13-18)23-24(28)31(26(35)29-25(23)34)15-19-7-4-3-5-8-19/h3-13,17H,14-16,28H2,1-2H3,(H,29,34,35)/b12-11+. The third-order valence-corrected chi connectivity index (χ3v) is 5.11. The second-order valence-corrected chi connectivity index (χ2v) is 8.46. The number of aromatic amines is 1. The summed E-state index contributed by atoms with van der Waals surface area (Å²) in [4.78, 5) is 53.7. The molecule has 188 valence electrons. The van der Waals surface area contributed by atoms with Crippen molar-refractivity contribution in [2.45, 2.75) is 20.4 Å². The van der Waals surface area contributed by atoms with Crippen molar-refractivity contribution in [1.29, 1.82) is 0 Å². The van der Waals surface area contributed by atoms with E-state index in [1.807, 2.05) is 19.9 Å². The molecule has 3 N–H and O–H groups in total. The molecule has 3 rings (SSSR count). The monoisotopic (exact) mass is 494 g/mol. The smallest absolute Gasteiger partial charge is 0.331 e. The van der Waals surface area contributed by atoms with Crippen LogP contribution in [0.25, 0.3) is 6.08 Å². The number of rotatable bonds is 9. The molecule has 0 aliphatic carbocycles. The molecule has 0 bridgehead atoms. The summed E-state index contributed by atoms with van der Waals surface area (Å²) in [7, 11) is 0. The molecular formula is C26H27FN4O5. The van der Waals surface area contributed by atoms with Crippen molar-refractivity contribution in [2.24, 2.45) is 5.92 Å². The fraction of sp³-hybridized carbons (Fsp3) is 0.231. The quantitative estimate of drug-likeness (QED) is 0.348. The summed E-state index contributed by atoms with van der Waals surface area (Å²) in [5, 5.41) is 0. The summed E-state index contributed by atoms with van der Waals surface area (Å²) in [5.74, 6) is -2.24. The second kappa shape index (κ2) is 11.8. The number of nitrogen functional groups attached to an aromatic ring is 1. The number of nitrogens with zero attached hydrogens (tertiary/aromatic N) is 2. The van der Waals surface area contributed by atoms with E-state index in [1.165, 1.54) is 28.8 Å². The predicted octanol–water partition coefficient (Wildman–Crippen LogP) is 2.55. The van der Waals surface area contributed by atoms with E-state index in [2.05, 4.69) is 4.98 Å². The average Bonchev–Trinajstić information content (AvgIpc) is 2.83. The number of halogens is 1. The first kappa shape index (κ1) is 26.1. The molecule has 0 aliphatic heterocycles. The zero-order chi connectivity index (χ0) is 26.2. The van der Waals surface area contributed by atoms with Gasteiger partial charge in [-0.1, -0.05) is 56.3 Å². The number of aromatic nitrogens is 2. The third-order valence-electron chi connectivity index (χ3n) is 5.11. The van der Waals surface area contributed by atoms with Crippen molar-refractivity contribution in [3.8, 4) is 0 Å². The lowest BCUT2D eigenvalue weighted by Gasteiger charge is -2.26. The van der Waals surface area contributed by atoms with Gasteiger partial charge in [-0.25, -0.2) is 14.0 Å². The number of nitrogens with one attached hydrogen (secondary N) is 1. The minimum absolute atomic E-state index is 0.0779. The number of hydrogen-bond acceptors (Lipinski definition) is 6. The maximum absolute atomic E-state index is 13.3. The molecule has 0 radical (unpaired) electrons. The number of nitrogens with two attached hydrogens (primary N) is 1. The van der Waals surface area contributed by atoms with Crippen LogP contribution in [0, 0.1) is 11.7 Å². The highest BCUT2D eigenvalue weighted by atomic mass is 19.1. The summed E-state index contributed by atoms with van der Waals surface area (Å²) in [6, 6.07) is 14.6. The highest BCUT2D eigenvalue weighted by molar-refractivity contribution is 5.98. The maximum Gasteiger partial charge on any atom is 0.331 e. The number of carbonyl (C=O) groups is 2. The van der Waals surface area contributed by atoms with Crippen LogP contribution in [-0.4, -0.2) is 34.6 Å². The molecule has 2 aromatic carbocycles. The van der Waals surface area contributed by atoms with Crippen LogP contribution in [0.5, 0.6) is 0 Å². The number of hydrogen-bond donors (Lipinski definition) is 2. The molecule has 0 spiro atoms. The van der Waals surface area contributed by atoms with Crippen LogP contribution in [0.15, 0.2) is 70.3 Å². The molecule has 10 heteroatoms. The lowest BCUT2D eigenvalue weighted by Crippen LogP contribution is -2.44. The van der Waals surface area contributed by atoms with E-state index in [-0.39, 0.29) is 30.5 Å². The van der Waals surface area contributed by atoms with Gasteiger partial charge >= 0.3 is 11.7 Å². The van der Waals surface area contributed by atoms with E-state index in [1.54, 1.807) is 30.3 Å². The molecule has 0 saturated heterocycles. The summed E-state index contributed by atoms with van der Waals surface area (Å²) < 4.78 is 19.5. The number of esters is 1. The van der Waals surface area contributed by atoms with Gasteiger partial charge in [0.25, 0.3) is 11.5 Å². The number of H-pyrrole nitrogens is 1. The summed E-state index contributed by atoms with van der Waals surface area (Å²) >= 11 is 0. The summed E-state index contributed by atoms with van der Waals surface area (Å²) in [6.07, 6.45) is 2.42. The Bertz CT molecular complexity index is 1380.